The van der Waals surface area contributed by atoms with Gasteiger partial charge in [-0.2, -0.15) is 0 Å². The van der Waals surface area contributed by atoms with Crippen LogP contribution in [0.3, 0.4) is 0 Å². The van der Waals surface area contributed by atoms with Gasteiger partial charge < -0.3 is 10.1 Å². The quantitative estimate of drug-likeness (QED) is 0.854. The zero-order chi connectivity index (χ0) is 13.0. The van der Waals surface area contributed by atoms with Crippen molar-refractivity contribution in [1.82, 2.24) is 0 Å². The summed E-state index contributed by atoms with van der Waals surface area (Å²) < 4.78 is 5.48. The first-order valence-corrected chi connectivity index (χ1v) is 6.44. The van der Waals surface area contributed by atoms with E-state index in [0.29, 0.717) is 22.2 Å². The fourth-order valence-electron chi connectivity index (χ4n) is 1.33. The van der Waals surface area contributed by atoms with Crippen molar-refractivity contribution < 1.29 is 9.53 Å². The van der Waals surface area contributed by atoms with Crippen molar-refractivity contribution in [3.05, 3.63) is 27.2 Å². The number of halogens is 2. The third-order valence-corrected chi connectivity index (χ3v) is 2.90. The van der Waals surface area contributed by atoms with Crippen molar-refractivity contribution in [3.8, 4) is 0 Å². The Bertz CT molecular complexity index is 421. The summed E-state index contributed by atoms with van der Waals surface area (Å²) in [5.41, 5.74) is 1.06. The summed E-state index contributed by atoms with van der Waals surface area (Å²) in [5, 5.41) is 3.67. The highest BCUT2D eigenvalue weighted by atomic mass is 79.9. The van der Waals surface area contributed by atoms with E-state index in [1.807, 2.05) is 0 Å². The molecule has 0 heterocycles. The minimum absolute atomic E-state index is 0.403. The molecule has 1 N–H and O–H groups in total. The number of hydrogen-bond acceptors (Lipinski definition) is 3. The Morgan fingerprint density at radius 3 is 2.71 bits per heavy atom. The summed E-state index contributed by atoms with van der Waals surface area (Å²) in [7, 11) is 1.35. The molecule has 3 nitrogen and oxygen atoms in total. The molecule has 0 aliphatic heterocycles. The molecule has 0 saturated heterocycles. The van der Waals surface area contributed by atoms with Crippen LogP contribution < -0.4 is 5.32 Å². The average Bonchev–Trinajstić information content (AvgIpc) is 2.25. The first-order chi connectivity index (χ1) is 7.95. The normalized spacial score (nSPS) is 10.5. The van der Waals surface area contributed by atoms with Gasteiger partial charge in [-0.25, -0.2) is 4.79 Å². The molecule has 0 spiro atoms. The molecule has 1 aromatic rings. The monoisotopic (exact) mass is 319 g/mol. The average molecular weight is 321 g/mol. The predicted molar refractivity (Wildman–Crippen MR) is 73.8 cm³/mol. The van der Waals surface area contributed by atoms with Crippen LogP contribution in [-0.4, -0.2) is 19.6 Å². The highest BCUT2D eigenvalue weighted by Crippen LogP contribution is 2.31. The van der Waals surface area contributed by atoms with Crippen molar-refractivity contribution in [1.29, 1.82) is 0 Å². The van der Waals surface area contributed by atoms with E-state index in [1.165, 1.54) is 7.11 Å². The second-order valence-electron chi connectivity index (χ2n) is 4.08. The molecule has 0 amide bonds. The molecule has 0 aliphatic rings. The molecule has 17 heavy (non-hydrogen) atoms. The van der Waals surface area contributed by atoms with Gasteiger partial charge in [0.25, 0.3) is 0 Å². The standard InChI is InChI=1S/C12H15BrClNO2/c1-7(2)6-15-11-9(12(16)17-3)4-8(13)5-10(11)14/h4-5,7,15H,6H2,1-3H3. The Morgan fingerprint density at radius 2 is 2.18 bits per heavy atom. The second-order valence-corrected chi connectivity index (χ2v) is 5.40. The molecular formula is C12H15BrClNO2. The first kappa shape index (κ1) is 14.3. The molecular weight excluding hydrogens is 305 g/mol. The molecule has 0 saturated carbocycles. The SMILES string of the molecule is COC(=O)c1cc(Br)cc(Cl)c1NCC(C)C. The van der Waals surface area contributed by atoms with E-state index in [-0.39, 0.29) is 0 Å². The maximum atomic E-state index is 11.6. The van der Waals surface area contributed by atoms with Crippen LogP contribution in [0.2, 0.25) is 5.02 Å². The van der Waals surface area contributed by atoms with Crippen LogP contribution in [0.25, 0.3) is 0 Å². The molecule has 1 aromatic carbocycles. The van der Waals surface area contributed by atoms with E-state index in [0.717, 1.165) is 11.0 Å². The van der Waals surface area contributed by atoms with Crippen molar-refractivity contribution >= 4 is 39.2 Å². The van der Waals surface area contributed by atoms with Gasteiger partial charge in [0.15, 0.2) is 0 Å². The van der Waals surface area contributed by atoms with Crippen LogP contribution in [0.15, 0.2) is 16.6 Å². The zero-order valence-electron chi connectivity index (χ0n) is 10.0. The minimum atomic E-state index is -0.403. The lowest BCUT2D eigenvalue weighted by molar-refractivity contribution is 0.0601. The highest BCUT2D eigenvalue weighted by Gasteiger charge is 2.16. The van der Waals surface area contributed by atoms with Gasteiger partial charge in [-0.1, -0.05) is 41.4 Å². The third kappa shape index (κ3) is 3.89. The van der Waals surface area contributed by atoms with Gasteiger partial charge in [0.05, 0.1) is 23.4 Å². The number of esters is 1. The number of anilines is 1. The molecule has 0 aliphatic carbocycles. The van der Waals surface area contributed by atoms with Gasteiger partial charge >= 0.3 is 5.97 Å². The van der Waals surface area contributed by atoms with E-state index in [1.54, 1.807) is 12.1 Å². The van der Waals surface area contributed by atoms with Gasteiger partial charge in [0, 0.05) is 11.0 Å². The summed E-state index contributed by atoms with van der Waals surface area (Å²) in [4.78, 5) is 11.6. The topological polar surface area (TPSA) is 38.3 Å². The predicted octanol–water partition coefficient (Wildman–Crippen LogP) is 3.96. The van der Waals surface area contributed by atoms with Crippen LogP contribution in [0.1, 0.15) is 24.2 Å². The first-order valence-electron chi connectivity index (χ1n) is 5.27. The smallest absolute Gasteiger partial charge is 0.340 e. The number of benzene rings is 1. The summed E-state index contributed by atoms with van der Waals surface area (Å²) in [6.45, 7) is 4.90. The number of nitrogens with one attached hydrogen (secondary N) is 1. The number of carbonyl (C=O) groups is 1. The van der Waals surface area contributed by atoms with Crippen LogP contribution >= 0.6 is 27.5 Å². The number of carbonyl (C=O) groups excluding carboxylic acids is 1. The van der Waals surface area contributed by atoms with Gasteiger partial charge in [-0.3, -0.25) is 0 Å². The fraction of sp³-hybridized carbons (Fsp3) is 0.417. The molecule has 0 fully saturated rings. The molecule has 0 aromatic heterocycles. The van der Waals surface area contributed by atoms with Gasteiger partial charge in [0.1, 0.15) is 0 Å². The lowest BCUT2D eigenvalue weighted by atomic mass is 10.1. The van der Waals surface area contributed by atoms with E-state index >= 15 is 0 Å². The Morgan fingerprint density at radius 1 is 1.53 bits per heavy atom. The molecule has 0 radical (unpaired) electrons. The van der Waals surface area contributed by atoms with Gasteiger partial charge in [0.2, 0.25) is 0 Å². The maximum absolute atomic E-state index is 11.6. The fourth-order valence-corrected chi connectivity index (χ4v) is 2.21. The molecule has 0 unspecified atom stereocenters. The van der Waals surface area contributed by atoms with Crippen LogP contribution in [0, 0.1) is 5.92 Å². The van der Waals surface area contributed by atoms with Crippen LogP contribution in [-0.2, 0) is 4.74 Å². The maximum Gasteiger partial charge on any atom is 0.340 e. The zero-order valence-corrected chi connectivity index (χ0v) is 12.4. The largest absolute Gasteiger partial charge is 0.465 e. The number of hydrogen-bond donors (Lipinski definition) is 1. The number of ether oxygens (including phenoxy) is 1. The summed E-state index contributed by atoms with van der Waals surface area (Å²) in [6.07, 6.45) is 0. The van der Waals surface area contributed by atoms with Crippen molar-refractivity contribution in [2.24, 2.45) is 5.92 Å². The van der Waals surface area contributed by atoms with Crippen LogP contribution in [0.5, 0.6) is 0 Å². The number of methoxy groups -OCH3 is 1. The van der Waals surface area contributed by atoms with Crippen molar-refractivity contribution in [3.63, 3.8) is 0 Å². The van der Waals surface area contributed by atoms with E-state index in [4.69, 9.17) is 16.3 Å². The molecule has 5 heteroatoms. The molecule has 94 valence electrons. The lowest BCUT2D eigenvalue weighted by Crippen LogP contribution is -2.13. The minimum Gasteiger partial charge on any atom is -0.465 e. The summed E-state index contributed by atoms with van der Waals surface area (Å²) in [6, 6.07) is 3.44. The Kier molecular flexibility index (Phi) is 5.28. The van der Waals surface area contributed by atoms with E-state index < -0.39 is 5.97 Å². The summed E-state index contributed by atoms with van der Waals surface area (Å²) >= 11 is 9.42. The van der Waals surface area contributed by atoms with Crippen molar-refractivity contribution in [2.45, 2.75) is 13.8 Å². The van der Waals surface area contributed by atoms with E-state index in [9.17, 15) is 4.79 Å². The molecule has 0 bridgehead atoms. The second kappa shape index (κ2) is 6.26. The van der Waals surface area contributed by atoms with Crippen molar-refractivity contribution in [2.75, 3.05) is 19.0 Å². The Hall–Kier alpha value is -0.740. The van der Waals surface area contributed by atoms with E-state index in [2.05, 4.69) is 35.1 Å². The number of rotatable bonds is 4. The van der Waals surface area contributed by atoms with Gasteiger partial charge in [-0.05, 0) is 18.1 Å². The lowest BCUT2D eigenvalue weighted by Gasteiger charge is -2.14. The summed E-state index contributed by atoms with van der Waals surface area (Å²) in [5.74, 6) is 0.0552. The Labute approximate surface area is 115 Å². The molecule has 0 atom stereocenters. The van der Waals surface area contributed by atoms with Gasteiger partial charge in [-0.15, -0.1) is 0 Å². The Balaban J connectivity index is 3.11. The highest BCUT2D eigenvalue weighted by molar-refractivity contribution is 9.10. The molecule has 1 rings (SSSR count). The third-order valence-electron chi connectivity index (χ3n) is 2.15. The van der Waals surface area contributed by atoms with Crippen LogP contribution in [0.4, 0.5) is 5.69 Å².